The molecule has 1 aliphatic heterocycles. The van der Waals surface area contributed by atoms with Gasteiger partial charge in [0.15, 0.2) is 10.9 Å². The summed E-state index contributed by atoms with van der Waals surface area (Å²) < 4.78 is 6.14. The summed E-state index contributed by atoms with van der Waals surface area (Å²) >= 11 is 1.46. The maximum Gasteiger partial charge on any atom is 0.306 e. The van der Waals surface area contributed by atoms with Crippen molar-refractivity contribution in [1.29, 1.82) is 0 Å². The van der Waals surface area contributed by atoms with E-state index in [0.717, 1.165) is 24.8 Å². The smallest absolute Gasteiger partial charge is 0.306 e. The van der Waals surface area contributed by atoms with Gasteiger partial charge in [0.25, 0.3) is 0 Å². The number of esters is 1. The van der Waals surface area contributed by atoms with Crippen molar-refractivity contribution in [2.24, 2.45) is 40.4 Å². The molecule has 0 N–H and O–H groups in total. The number of ketones is 1. The van der Waals surface area contributed by atoms with Crippen LogP contribution >= 0.6 is 11.8 Å². The number of hydrogen-bond donors (Lipinski definition) is 0. The summed E-state index contributed by atoms with van der Waals surface area (Å²) in [7, 11) is 0. The van der Waals surface area contributed by atoms with E-state index in [0.29, 0.717) is 30.1 Å². The van der Waals surface area contributed by atoms with Gasteiger partial charge >= 0.3 is 5.97 Å². The summed E-state index contributed by atoms with van der Waals surface area (Å²) in [5.74, 6) is 2.02. The number of fused-ring (bicyclic) bond motifs is 9. The third-order valence-corrected chi connectivity index (χ3v) is 10.6. The fourth-order valence-corrected chi connectivity index (χ4v) is 9.37. The molecule has 1 heterocycles. The predicted molar refractivity (Wildman–Crippen MR) is 114 cm³/mol. The van der Waals surface area contributed by atoms with Gasteiger partial charge in [-0.2, -0.15) is 0 Å². The molecule has 0 aromatic rings. The van der Waals surface area contributed by atoms with Crippen molar-refractivity contribution in [3.8, 4) is 0 Å². The van der Waals surface area contributed by atoms with Gasteiger partial charge < -0.3 is 4.74 Å². The molecule has 5 aliphatic carbocycles. The van der Waals surface area contributed by atoms with Gasteiger partial charge in [-0.3, -0.25) is 14.4 Å². The van der Waals surface area contributed by atoms with Crippen LogP contribution < -0.4 is 0 Å². The Bertz CT molecular complexity index is 978. The summed E-state index contributed by atoms with van der Waals surface area (Å²) in [6, 6.07) is 0. The molecule has 0 radical (unpaired) electrons. The zero-order chi connectivity index (χ0) is 21.1. The Balaban J connectivity index is 1.49. The Labute approximate surface area is 181 Å². The zero-order valence-electron chi connectivity index (χ0n) is 17.7. The van der Waals surface area contributed by atoms with Crippen LogP contribution in [0.5, 0.6) is 0 Å². The molecule has 0 aromatic carbocycles. The number of carbonyl (C=O) groups excluding carboxylic acids is 3. The number of rotatable bonds is 1. The molecule has 3 saturated carbocycles. The Morgan fingerprint density at radius 2 is 2.03 bits per heavy atom. The molecular formula is C25H28O4S. The highest BCUT2D eigenvalue weighted by Crippen LogP contribution is 2.78. The standard InChI is InChI=1S/C25H28O4S/c1-13(26)30-19-11-14-10-15(27)4-7-23(14,2)17-5-8-24(3)22(21(17)19)16-12-18(16)25(24)9-6-20(28)29-25/h4-5,7-8,10,16-19,21-22H,6,9,11-12H2,1-3H3/t16?,17?,18?,19-,21?,22?,23?,24?,25+/m1/s1. The number of allylic oxidation sites excluding steroid dienone is 5. The monoisotopic (exact) mass is 424 g/mol. The van der Waals surface area contributed by atoms with Crippen LogP contribution in [0.3, 0.4) is 0 Å². The molecule has 30 heavy (non-hydrogen) atoms. The SMILES string of the molecule is CC(=O)S[C@@H]1CC2=CC(=O)C=CC2(C)C2C=CC3(C)C(C4CC4[C@@]34CCC(=O)O4)C21. The van der Waals surface area contributed by atoms with Crippen LogP contribution in [0.2, 0.25) is 0 Å². The van der Waals surface area contributed by atoms with Crippen LogP contribution in [-0.2, 0) is 19.1 Å². The average Bonchev–Trinajstić information content (AvgIpc) is 3.31. The van der Waals surface area contributed by atoms with Crippen molar-refractivity contribution in [1.82, 2.24) is 0 Å². The van der Waals surface area contributed by atoms with Crippen molar-refractivity contribution >= 4 is 28.6 Å². The van der Waals surface area contributed by atoms with Crippen molar-refractivity contribution in [2.75, 3.05) is 0 Å². The van der Waals surface area contributed by atoms with Crippen LogP contribution in [0.15, 0.2) is 36.0 Å². The molecule has 6 aliphatic rings. The van der Waals surface area contributed by atoms with E-state index in [9.17, 15) is 14.4 Å². The first-order chi connectivity index (χ1) is 14.2. The molecule has 1 spiro atoms. The van der Waals surface area contributed by atoms with Crippen LogP contribution in [0.4, 0.5) is 0 Å². The maximum atomic E-state index is 12.2. The van der Waals surface area contributed by atoms with Crippen LogP contribution in [0.1, 0.15) is 46.5 Å². The molecule has 0 amide bonds. The van der Waals surface area contributed by atoms with Gasteiger partial charge in [-0.05, 0) is 55.1 Å². The van der Waals surface area contributed by atoms with E-state index in [2.05, 4.69) is 32.1 Å². The lowest BCUT2D eigenvalue weighted by molar-refractivity contribution is -0.161. The van der Waals surface area contributed by atoms with Gasteiger partial charge in [0.1, 0.15) is 5.60 Å². The molecule has 4 nitrogen and oxygen atoms in total. The first kappa shape index (κ1) is 19.1. The minimum Gasteiger partial charge on any atom is -0.458 e. The fourth-order valence-electron chi connectivity index (χ4n) is 8.19. The summed E-state index contributed by atoms with van der Waals surface area (Å²) in [6.45, 7) is 6.21. The van der Waals surface area contributed by atoms with Crippen LogP contribution in [0.25, 0.3) is 0 Å². The normalized spacial score (nSPS) is 52.3. The van der Waals surface area contributed by atoms with Gasteiger partial charge in [0, 0.05) is 35.3 Å². The lowest BCUT2D eigenvalue weighted by Crippen LogP contribution is -2.57. The Morgan fingerprint density at radius 3 is 2.73 bits per heavy atom. The fraction of sp³-hybridized carbons (Fsp3) is 0.640. The van der Waals surface area contributed by atoms with Gasteiger partial charge in [0.2, 0.25) is 0 Å². The summed E-state index contributed by atoms with van der Waals surface area (Å²) in [5, 5.41) is 0.304. The molecule has 0 bridgehead atoms. The predicted octanol–water partition coefficient (Wildman–Crippen LogP) is 4.26. The second-order valence-electron chi connectivity index (χ2n) is 10.7. The summed E-state index contributed by atoms with van der Waals surface area (Å²) in [4.78, 5) is 36.6. The first-order valence-corrected chi connectivity index (χ1v) is 12.1. The zero-order valence-corrected chi connectivity index (χ0v) is 18.5. The van der Waals surface area contributed by atoms with E-state index in [-0.39, 0.29) is 44.5 Å². The van der Waals surface area contributed by atoms with Crippen LogP contribution in [0, 0.1) is 40.4 Å². The first-order valence-electron chi connectivity index (χ1n) is 11.2. The molecular weight excluding hydrogens is 396 g/mol. The van der Waals surface area contributed by atoms with E-state index >= 15 is 0 Å². The molecule has 0 aromatic heterocycles. The number of thioether (sulfide) groups is 1. The Morgan fingerprint density at radius 1 is 1.23 bits per heavy atom. The van der Waals surface area contributed by atoms with Crippen molar-refractivity contribution in [2.45, 2.75) is 57.3 Å². The van der Waals surface area contributed by atoms with E-state index in [1.807, 2.05) is 0 Å². The molecule has 7 unspecified atom stereocenters. The van der Waals surface area contributed by atoms with Gasteiger partial charge in [-0.25, -0.2) is 0 Å². The lowest BCUT2D eigenvalue weighted by atomic mass is 9.48. The number of hydrogen-bond acceptors (Lipinski definition) is 5. The van der Waals surface area contributed by atoms with E-state index in [1.165, 1.54) is 11.8 Å². The van der Waals surface area contributed by atoms with Crippen molar-refractivity contribution in [3.05, 3.63) is 36.0 Å². The highest BCUT2D eigenvalue weighted by Gasteiger charge is 2.78. The highest BCUT2D eigenvalue weighted by molar-refractivity contribution is 8.14. The van der Waals surface area contributed by atoms with Crippen LogP contribution in [-0.4, -0.2) is 27.7 Å². The topological polar surface area (TPSA) is 60.4 Å². The molecule has 5 heteroatoms. The minimum absolute atomic E-state index is 0.0528. The minimum atomic E-state index is -0.359. The van der Waals surface area contributed by atoms with E-state index in [1.54, 1.807) is 19.1 Å². The second kappa shape index (κ2) is 5.79. The largest absolute Gasteiger partial charge is 0.458 e. The van der Waals surface area contributed by atoms with Gasteiger partial charge in [-0.15, -0.1) is 0 Å². The van der Waals surface area contributed by atoms with E-state index < -0.39 is 0 Å². The number of ether oxygens (including phenoxy) is 1. The van der Waals surface area contributed by atoms with Gasteiger partial charge in [0.05, 0.1) is 0 Å². The average molecular weight is 425 g/mol. The third-order valence-electron chi connectivity index (χ3n) is 9.44. The quantitative estimate of drug-likeness (QED) is 0.465. The second-order valence-corrected chi connectivity index (χ2v) is 12.1. The molecule has 1 saturated heterocycles. The molecule has 4 fully saturated rings. The van der Waals surface area contributed by atoms with E-state index in [4.69, 9.17) is 4.74 Å². The van der Waals surface area contributed by atoms with Gasteiger partial charge in [-0.1, -0.05) is 49.4 Å². The maximum absolute atomic E-state index is 12.2. The highest BCUT2D eigenvalue weighted by atomic mass is 32.2. The van der Waals surface area contributed by atoms with Crippen molar-refractivity contribution < 1.29 is 19.1 Å². The summed E-state index contributed by atoms with van der Waals surface area (Å²) in [6.07, 6.45) is 13.6. The summed E-state index contributed by atoms with van der Waals surface area (Å²) in [5.41, 5.74) is 0.448. The third kappa shape index (κ3) is 2.18. The van der Waals surface area contributed by atoms with Crippen molar-refractivity contribution in [3.63, 3.8) is 0 Å². The lowest BCUT2D eigenvalue weighted by Gasteiger charge is -2.58. The molecule has 6 rings (SSSR count). The molecule has 158 valence electrons. The Kier molecular flexibility index (Phi) is 3.68. The number of carbonyl (C=O) groups is 3. The molecule has 9 atom stereocenters. The Hall–Kier alpha value is -1.62.